The molecule has 1 rings (SSSR count). The quantitative estimate of drug-likeness (QED) is 0.838. The molecule has 0 aliphatic carbocycles. The van der Waals surface area contributed by atoms with Crippen molar-refractivity contribution >= 4 is 12.4 Å². The minimum Gasteiger partial charge on any atom is -0.497 e. The Labute approximate surface area is 91.9 Å². The number of hydrogen-bond acceptors (Lipinski definition) is 2. The Morgan fingerprint density at radius 3 is 2.71 bits per heavy atom. The van der Waals surface area contributed by atoms with Crippen LogP contribution in [0.2, 0.25) is 0 Å². The smallest absolute Gasteiger partial charge is 0.119 e. The van der Waals surface area contributed by atoms with Crippen molar-refractivity contribution in [2.24, 2.45) is 5.73 Å². The minimum atomic E-state index is 0. The molecule has 0 spiro atoms. The van der Waals surface area contributed by atoms with Gasteiger partial charge >= 0.3 is 0 Å². The van der Waals surface area contributed by atoms with Gasteiger partial charge in [0.2, 0.25) is 0 Å². The van der Waals surface area contributed by atoms with Gasteiger partial charge in [-0.05, 0) is 24.1 Å². The molecule has 1 atom stereocenters. The normalized spacial score (nSPS) is 11.6. The number of rotatable bonds is 4. The van der Waals surface area contributed by atoms with Crippen LogP contribution in [0, 0.1) is 0 Å². The van der Waals surface area contributed by atoms with Gasteiger partial charge in [0.25, 0.3) is 0 Å². The molecule has 2 N–H and O–H groups in total. The van der Waals surface area contributed by atoms with E-state index in [0.29, 0.717) is 0 Å². The van der Waals surface area contributed by atoms with Crippen molar-refractivity contribution in [3.63, 3.8) is 0 Å². The van der Waals surface area contributed by atoms with Crippen LogP contribution in [0.5, 0.6) is 5.75 Å². The number of hydrogen-bond donors (Lipinski definition) is 1. The first-order valence-electron chi connectivity index (χ1n) is 4.67. The summed E-state index contributed by atoms with van der Waals surface area (Å²) in [5, 5.41) is 0. The van der Waals surface area contributed by atoms with Crippen LogP contribution in [0.1, 0.15) is 31.4 Å². The predicted octanol–water partition coefficient (Wildman–Crippen LogP) is 2.92. The van der Waals surface area contributed by atoms with E-state index < -0.39 is 0 Å². The maximum absolute atomic E-state index is 5.97. The summed E-state index contributed by atoms with van der Waals surface area (Å²) in [6.07, 6.45) is 2.13. The molecule has 1 unspecified atom stereocenters. The average molecular weight is 216 g/mol. The molecule has 0 saturated carbocycles. The van der Waals surface area contributed by atoms with Crippen LogP contribution in [0.3, 0.4) is 0 Å². The molecule has 0 aliphatic rings. The molecule has 1 aromatic carbocycles. The summed E-state index contributed by atoms with van der Waals surface area (Å²) in [6.45, 7) is 2.14. The van der Waals surface area contributed by atoms with Crippen LogP contribution in [0.4, 0.5) is 0 Å². The maximum Gasteiger partial charge on any atom is 0.119 e. The van der Waals surface area contributed by atoms with E-state index in [0.717, 1.165) is 24.2 Å². The molecule has 3 heteroatoms. The molecule has 0 aliphatic heterocycles. The summed E-state index contributed by atoms with van der Waals surface area (Å²) >= 11 is 0. The topological polar surface area (TPSA) is 35.2 Å². The third-order valence-corrected chi connectivity index (χ3v) is 2.12. The third kappa shape index (κ3) is 3.56. The first-order valence-corrected chi connectivity index (χ1v) is 4.67. The van der Waals surface area contributed by atoms with Gasteiger partial charge in [0.15, 0.2) is 0 Å². The van der Waals surface area contributed by atoms with Crippen molar-refractivity contribution in [3.8, 4) is 5.75 Å². The average Bonchev–Trinajstić information content (AvgIpc) is 2.18. The zero-order valence-corrected chi connectivity index (χ0v) is 9.51. The molecule has 0 bridgehead atoms. The highest BCUT2D eigenvalue weighted by Crippen LogP contribution is 2.20. The first kappa shape index (κ1) is 13.3. The number of ether oxygens (including phenoxy) is 1. The van der Waals surface area contributed by atoms with E-state index in [1.165, 1.54) is 0 Å². The van der Waals surface area contributed by atoms with Gasteiger partial charge in [0.1, 0.15) is 5.75 Å². The second-order valence-electron chi connectivity index (χ2n) is 3.17. The Morgan fingerprint density at radius 2 is 2.14 bits per heavy atom. The third-order valence-electron chi connectivity index (χ3n) is 2.12. The van der Waals surface area contributed by atoms with E-state index in [1.54, 1.807) is 7.11 Å². The van der Waals surface area contributed by atoms with Crippen LogP contribution in [0.25, 0.3) is 0 Å². The fourth-order valence-electron chi connectivity index (χ4n) is 1.35. The van der Waals surface area contributed by atoms with E-state index >= 15 is 0 Å². The number of nitrogens with two attached hydrogens (primary N) is 1. The lowest BCUT2D eigenvalue weighted by Gasteiger charge is -2.11. The lowest BCUT2D eigenvalue weighted by Crippen LogP contribution is -2.09. The molecule has 1 aromatic rings. The van der Waals surface area contributed by atoms with Crippen molar-refractivity contribution < 1.29 is 4.74 Å². The molecule has 80 valence electrons. The van der Waals surface area contributed by atoms with Crippen molar-refractivity contribution in [2.75, 3.05) is 7.11 Å². The van der Waals surface area contributed by atoms with Gasteiger partial charge in [0, 0.05) is 6.04 Å². The van der Waals surface area contributed by atoms with Crippen LogP contribution < -0.4 is 10.5 Å². The fourth-order valence-corrected chi connectivity index (χ4v) is 1.35. The molecular weight excluding hydrogens is 198 g/mol. The summed E-state index contributed by atoms with van der Waals surface area (Å²) < 4.78 is 5.13. The Hall–Kier alpha value is -0.730. The van der Waals surface area contributed by atoms with Crippen molar-refractivity contribution in [1.29, 1.82) is 0 Å². The van der Waals surface area contributed by atoms with Gasteiger partial charge in [-0.3, -0.25) is 0 Å². The lowest BCUT2D eigenvalue weighted by atomic mass is 10.0. The van der Waals surface area contributed by atoms with Crippen molar-refractivity contribution in [1.82, 2.24) is 0 Å². The Balaban J connectivity index is 0.00000169. The highest BCUT2D eigenvalue weighted by Gasteiger charge is 2.04. The fraction of sp³-hybridized carbons (Fsp3) is 0.455. The second-order valence-corrected chi connectivity index (χ2v) is 3.17. The monoisotopic (exact) mass is 215 g/mol. The molecule has 0 aromatic heterocycles. The summed E-state index contributed by atoms with van der Waals surface area (Å²) in [4.78, 5) is 0. The maximum atomic E-state index is 5.97. The van der Waals surface area contributed by atoms with Crippen LogP contribution in [0.15, 0.2) is 24.3 Å². The highest BCUT2D eigenvalue weighted by atomic mass is 35.5. The van der Waals surface area contributed by atoms with Gasteiger partial charge in [-0.25, -0.2) is 0 Å². The molecule has 14 heavy (non-hydrogen) atoms. The lowest BCUT2D eigenvalue weighted by molar-refractivity contribution is 0.413. The first-order chi connectivity index (χ1) is 6.27. The molecule has 0 amide bonds. The molecule has 0 saturated heterocycles. The van der Waals surface area contributed by atoms with Crippen LogP contribution in [-0.4, -0.2) is 7.11 Å². The molecular formula is C11H18ClNO. The second kappa shape index (κ2) is 6.68. The molecule has 0 fully saturated rings. The number of halogens is 1. The predicted molar refractivity (Wildman–Crippen MR) is 62.1 cm³/mol. The van der Waals surface area contributed by atoms with Gasteiger partial charge < -0.3 is 10.5 Å². The minimum absolute atomic E-state index is 0. The van der Waals surface area contributed by atoms with E-state index in [-0.39, 0.29) is 18.4 Å². The zero-order chi connectivity index (χ0) is 9.68. The van der Waals surface area contributed by atoms with Crippen LogP contribution in [-0.2, 0) is 0 Å². The standard InChI is InChI=1S/C11H17NO.ClH/c1-3-5-11(12)9-6-4-7-10(8-9)13-2;/h4,6-8,11H,3,5,12H2,1-2H3;1H. The largest absolute Gasteiger partial charge is 0.497 e. The number of benzene rings is 1. The summed E-state index contributed by atoms with van der Waals surface area (Å²) in [5.74, 6) is 0.879. The van der Waals surface area contributed by atoms with Crippen molar-refractivity contribution in [3.05, 3.63) is 29.8 Å². The number of methoxy groups -OCH3 is 1. The van der Waals surface area contributed by atoms with Crippen LogP contribution >= 0.6 is 12.4 Å². The summed E-state index contributed by atoms with van der Waals surface area (Å²) in [6, 6.07) is 8.09. The Kier molecular flexibility index (Phi) is 6.34. The van der Waals surface area contributed by atoms with E-state index in [2.05, 4.69) is 6.92 Å². The zero-order valence-electron chi connectivity index (χ0n) is 8.69. The van der Waals surface area contributed by atoms with Gasteiger partial charge in [0.05, 0.1) is 7.11 Å². The molecule has 0 heterocycles. The van der Waals surface area contributed by atoms with Crippen molar-refractivity contribution in [2.45, 2.75) is 25.8 Å². The Bertz CT molecular complexity index is 265. The van der Waals surface area contributed by atoms with Gasteiger partial charge in [-0.15, -0.1) is 12.4 Å². The highest BCUT2D eigenvalue weighted by molar-refractivity contribution is 5.85. The van der Waals surface area contributed by atoms with E-state index in [4.69, 9.17) is 10.5 Å². The molecule has 2 nitrogen and oxygen atoms in total. The van der Waals surface area contributed by atoms with Gasteiger partial charge in [-0.1, -0.05) is 25.5 Å². The summed E-state index contributed by atoms with van der Waals surface area (Å²) in [7, 11) is 1.67. The summed E-state index contributed by atoms with van der Waals surface area (Å²) in [5.41, 5.74) is 7.13. The molecule has 0 radical (unpaired) electrons. The Morgan fingerprint density at radius 1 is 1.43 bits per heavy atom. The SMILES string of the molecule is CCCC(N)c1cccc(OC)c1.Cl. The van der Waals surface area contributed by atoms with Gasteiger partial charge in [-0.2, -0.15) is 0 Å². The van der Waals surface area contributed by atoms with E-state index in [9.17, 15) is 0 Å². The van der Waals surface area contributed by atoms with E-state index in [1.807, 2.05) is 24.3 Å².